The number of ether oxygens (including phenoxy) is 1. The maximum Gasteiger partial charge on any atom is 0.160 e. The van der Waals surface area contributed by atoms with Gasteiger partial charge in [-0.05, 0) is 60.6 Å². The van der Waals surface area contributed by atoms with Gasteiger partial charge < -0.3 is 20.5 Å². The third-order valence-electron chi connectivity index (χ3n) is 7.44. The third kappa shape index (κ3) is 4.00. The quantitative estimate of drug-likeness (QED) is 0.551. The van der Waals surface area contributed by atoms with Crippen molar-refractivity contribution >= 4 is 5.82 Å². The normalized spacial score (nSPS) is 20.9. The third-order valence-corrected chi connectivity index (χ3v) is 7.44. The Bertz CT molecular complexity index is 1410. The molecule has 1 aromatic heterocycles. The zero-order valence-electron chi connectivity index (χ0n) is 19.9. The van der Waals surface area contributed by atoms with Crippen molar-refractivity contribution in [3.05, 3.63) is 59.5 Å². The van der Waals surface area contributed by atoms with Gasteiger partial charge in [-0.3, -0.25) is 0 Å². The standard InChI is InChI=1S/C28H26FN5O2/c1-36-26-8-7-16(10-25(26)35)22-14-33-28(34-15-19-3-2-4-20(34)11-24(19)32)21(13-31)27(22)17-5-6-18(12-30)23(29)9-17/h5-10,14,19-20,24,35H,2-4,11,15,32H2,1H3. The van der Waals surface area contributed by atoms with Crippen molar-refractivity contribution in [3.8, 4) is 45.9 Å². The SMILES string of the molecule is COc1ccc(-c2cnc(N3CC4CCCC3CC4N)c(C#N)c2-c2ccc(C#N)c(F)c2)cc1O. The summed E-state index contributed by atoms with van der Waals surface area (Å²) in [6.45, 7) is 0.720. The fraction of sp³-hybridized carbons (Fsp3) is 0.321. The summed E-state index contributed by atoms with van der Waals surface area (Å²) in [7, 11) is 1.46. The maximum atomic E-state index is 14.7. The molecule has 3 aliphatic rings. The van der Waals surface area contributed by atoms with Crippen molar-refractivity contribution in [3.63, 3.8) is 0 Å². The number of piperidine rings is 1. The van der Waals surface area contributed by atoms with Crippen LogP contribution >= 0.6 is 0 Å². The highest BCUT2D eigenvalue weighted by Crippen LogP contribution is 2.43. The molecule has 1 aliphatic carbocycles. The summed E-state index contributed by atoms with van der Waals surface area (Å²) in [4.78, 5) is 6.95. The van der Waals surface area contributed by atoms with Gasteiger partial charge >= 0.3 is 0 Å². The van der Waals surface area contributed by atoms with Gasteiger partial charge in [-0.15, -0.1) is 0 Å². The number of hydrogen-bond donors (Lipinski definition) is 2. The molecule has 0 amide bonds. The molecule has 3 N–H and O–H groups in total. The predicted octanol–water partition coefficient (Wildman–Crippen LogP) is 4.72. The monoisotopic (exact) mass is 483 g/mol. The first-order valence-corrected chi connectivity index (χ1v) is 12.0. The molecular formula is C28H26FN5O2. The summed E-state index contributed by atoms with van der Waals surface area (Å²) in [5.74, 6) is 0.467. The van der Waals surface area contributed by atoms with Crippen molar-refractivity contribution in [1.82, 2.24) is 4.98 Å². The first kappa shape index (κ1) is 23.6. The molecule has 3 aromatic rings. The Morgan fingerprint density at radius 3 is 2.64 bits per heavy atom. The molecule has 0 radical (unpaired) electrons. The van der Waals surface area contributed by atoms with Crippen LogP contribution in [0.4, 0.5) is 10.2 Å². The van der Waals surface area contributed by atoms with Crippen LogP contribution < -0.4 is 15.4 Å². The van der Waals surface area contributed by atoms with Crippen LogP contribution in [0.15, 0.2) is 42.6 Å². The number of aromatic nitrogens is 1. The van der Waals surface area contributed by atoms with Gasteiger partial charge in [-0.25, -0.2) is 9.37 Å². The first-order valence-electron chi connectivity index (χ1n) is 12.0. The van der Waals surface area contributed by atoms with Gasteiger partial charge in [0.2, 0.25) is 0 Å². The number of nitrogens with two attached hydrogens (primary N) is 1. The lowest BCUT2D eigenvalue weighted by atomic mass is 9.88. The fourth-order valence-electron chi connectivity index (χ4n) is 5.59. The van der Waals surface area contributed by atoms with Gasteiger partial charge in [0.1, 0.15) is 29.3 Å². The van der Waals surface area contributed by atoms with Crippen LogP contribution in [0.2, 0.25) is 0 Å². The topological polar surface area (TPSA) is 119 Å². The van der Waals surface area contributed by atoms with Crippen LogP contribution in [0.3, 0.4) is 0 Å². The van der Waals surface area contributed by atoms with E-state index in [-0.39, 0.29) is 23.4 Å². The summed E-state index contributed by atoms with van der Waals surface area (Å²) in [5, 5.41) is 30.0. The number of fused-ring (bicyclic) bond motifs is 4. The Balaban J connectivity index is 1.73. The largest absolute Gasteiger partial charge is 0.504 e. The number of nitrogens with zero attached hydrogens (tertiary/aromatic N) is 4. The number of hydrogen-bond acceptors (Lipinski definition) is 7. The number of methoxy groups -OCH3 is 1. The van der Waals surface area contributed by atoms with Crippen LogP contribution in [0, 0.1) is 34.4 Å². The average molecular weight is 484 g/mol. The highest BCUT2D eigenvalue weighted by Gasteiger charge is 2.38. The predicted molar refractivity (Wildman–Crippen MR) is 134 cm³/mol. The molecule has 182 valence electrons. The number of pyridine rings is 1. The van der Waals surface area contributed by atoms with E-state index in [4.69, 9.17) is 15.5 Å². The highest BCUT2D eigenvalue weighted by molar-refractivity contribution is 5.90. The average Bonchev–Trinajstić information content (AvgIpc) is 3.20. The van der Waals surface area contributed by atoms with Crippen molar-refractivity contribution in [2.45, 2.75) is 37.8 Å². The second kappa shape index (κ2) is 9.49. The number of rotatable bonds is 4. The number of aromatic hydroxyl groups is 1. The summed E-state index contributed by atoms with van der Waals surface area (Å²) < 4.78 is 19.9. The van der Waals surface area contributed by atoms with Crippen LogP contribution in [0.25, 0.3) is 22.3 Å². The Hall–Kier alpha value is -4.14. The Morgan fingerprint density at radius 1 is 1.14 bits per heavy atom. The van der Waals surface area contributed by atoms with E-state index in [0.717, 1.165) is 32.2 Å². The summed E-state index contributed by atoms with van der Waals surface area (Å²) in [6.07, 6.45) is 5.62. The van der Waals surface area contributed by atoms with E-state index in [1.165, 1.54) is 25.3 Å². The summed E-state index contributed by atoms with van der Waals surface area (Å²) in [6, 6.07) is 13.7. The molecule has 6 rings (SSSR count). The van der Waals surface area contributed by atoms with Gasteiger partial charge in [0.15, 0.2) is 11.5 Å². The number of benzene rings is 2. The maximum absolute atomic E-state index is 14.7. The number of phenolic OH excluding ortho intramolecular Hbond substituents is 1. The summed E-state index contributed by atoms with van der Waals surface area (Å²) in [5.41, 5.74) is 8.79. The Labute approximate surface area is 209 Å². The summed E-state index contributed by atoms with van der Waals surface area (Å²) >= 11 is 0. The Kier molecular flexibility index (Phi) is 6.22. The fourth-order valence-corrected chi connectivity index (χ4v) is 5.59. The molecular weight excluding hydrogens is 457 g/mol. The minimum atomic E-state index is -0.666. The molecule has 2 bridgehead atoms. The molecule has 3 fully saturated rings. The van der Waals surface area contributed by atoms with Crippen molar-refractivity contribution in [2.24, 2.45) is 11.7 Å². The van der Waals surface area contributed by atoms with Crippen LogP contribution in [0.1, 0.15) is 36.8 Å². The Morgan fingerprint density at radius 2 is 1.94 bits per heavy atom. The molecule has 2 aliphatic heterocycles. The second-order valence-electron chi connectivity index (χ2n) is 9.45. The van der Waals surface area contributed by atoms with E-state index >= 15 is 0 Å². The molecule has 8 heteroatoms. The smallest absolute Gasteiger partial charge is 0.160 e. The molecule has 7 nitrogen and oxygen atoms in total. The minimum Gasteiger partial charge on any atom is -0.504 e. The molecule has 2 saturated heterocycles. The molecule has 36 heavy (non-hydrogen) atoms. The first-order chi connectivity index (χ1) is 17.4. The lowest BCUT2D eigenvalue weighted by Gasteiger charge is -2.41. The van der Waals surface area contributed by atoms with E-state index in [2.05, 4.69) is 11.0 Å². The van der Waals surface area contributed by atoms with Gasteiger partial charge in [0.25, 0.3) is 0 Å². The van der Waals surface area contributed by atoms with Crippen LogP contribution in [-0.2, 0) is 0 Å². The molecule has 1 saturated carbocycles. The highest BCUT2D eigenvalue weighted by atomic mass is 19.1. The number of nitriles is 2. The molecule has 3 atom stereocenters. The van der Waals surface area contributed by atoms with Gasteiger partial charge in [0.05, 0.1) is 12.7 Å². The molecule has 3 heterocycles. The van der Waals surface area contributed by atoms with Crippen LogP contribution in [-0.4, -0.2) is 35.8 Å². The van der Waals surface area contributed by atoms with Crippen molar-refractivity contribution in [2.75, 3.05) is 18.6 Å². The number of halogens is 1. The number of phenols is 1. The van der Waals surface area contributed by atoms with Gasteiger partial charge in [0, 0.05) is 36.0 Å². The van der Waals surface area contributed by atoms with E-state index in [1.54, 1.807) is 24.4 Å². The van der Waals surface area contributed by atoms with E-state index in [9.17, 15) is 20.0 Å². The van der Waals surface area contributed by atoms with E-state index < -0.39 is 5.82 Å². The lowest BCUT2D eigenvalue weighted by Crippen LogP contribution is -2.51. The zero-order chi connectivity index (χ0) is 25.4. The van der Waals surface area contributed by atoms with Gasteiger partial charge in [-0.2, -0.15) is 10.5 Å². The zero-order valence-corrected chi connectivity index (χ0v) is 19.9. The van der Waals surface area contributed by atoms with Crippen molar-refractivity contribution < 1.29 is 14.2 Å². The van der Waals surface area contributed by atoms with E-state index in [1.807, 2.05) is 6.07 Å². The molecule has 3 unspecified atom stereocenters. The van der Waals surface area contributed by atoms with E-state index in [0.29, 0.717) is 45.3 Å². The van der Waals surface area contributed by atoms with Crippen LogP contribution in [0.5, 0.6) is 11.5 Å². The minimum absolute atomic E-state index is 0.0617. The van der Waals surface area contributed by atoms with Crippen molar-refractivity contribution in [1.29, 1.82) is 10.5 Å². The molecule has 2 aromatic carbocycles. The lowest BCUT2D eigenvalue weighted by molar-refractivity contribution is 0.332. The molecule has 0 spiro atoms. The van der Waals surface area contributed by atoms with Gasteiger partial charge in [-0.1, -0.05) is 18.6 Å². The second-order valence-corrected chi connectivity index (χ2v) is 9.45. The number of anilines is 1.